The first-order valence-electron chi connectivity index (χ1n) is 5.18. The van der Waals surface area contributed by atoms with Crippen molar-refractivity contribution in [2.24, 2.45) is 5.73 Å². The average Bonchev–Trinajstić information content (AvgIpc) is 2.23. The summed E-state index contributed by atoms with van der Waals surface area (Å²) in [6.07, 6.45) is 1.67. The Labute approximate surface area is 90.9 Å². The van der Waals surface area contributed by atoms with E-state index in [2.05, 4.69) is 0 Å². The summed E-state index contributed by atoms with van der Waals surface area (Å²) in [5, 5.41) is 9.93. The van der Waals surface area contributed by atoms with Crippen molar-refractivity contribution >= 4 is 0 Å². The topological polar surface area (TPSA) is 55.5 Å². The van der Waals surface area contributed by atoms with E-state index in [-0.39, 0.29) is 0 Å². The molecule has 0 bridgehead atoms. The fraction of sp³-hybridized carbons (Fsp3) is 0.500. The highest BCUT2D eigenvalue weighted by atomic mass is 16.5. The molecule has 0 saturated carbocycles. The minimum absolute atomic E-state index is 0.377. The van der Waals surface area contributed by atoms with Gasteiger partial charge in [-0.3, -0.25) is 0 Å². The van der Waals surface area contributed by atoms with Crippen molar-refractivity contribution in [2.75, 3.05) is 13.7 Å². The van der Waals surface area contributed by atoms with Crippen LogP contribution in [0.25, 0.3) is 0 Å². The maximum Gasteiger partial charge on any atom is 0.122 e. The highest BCUT2D eigenvalue weighted by molar-refractivity contribution is 5.52. The molecule has 1 rings (SSSR count). The Bertz CT molecular complexity index is 348. The first kappa shape index (κ1) is 11.9. The van der Waals surface area contributed by atoms with E-state index in [9.17, 15) is 5.11 Å². The number of aromatic hydroxyl groups is 1. The van der Waals surface area contributed by atoms with Gasteiger partial charge in [0.1, 0.15) is 11.5 Å². The molecule has 0 spiro atoms. The number of aryl methyl sites for hydroxylation is 1. The number of phenols is 1. The van der Waals surface area contributed by atoms with E-state index in [0.717, 1.165) is 35.3 Å². The second-order valence-corrected chi connectivity index (χ2v) is 3.74. The number of benzene rings is 1. The fourth-order valence-electron chi connectivity index (χ4n) is 1.73. The first-order valence-corrected chi connectivity index (χ1v) is 5.18. The van der Waals surface area contributed by atoms with Crippen molar-refractivity contribution in [3.05, 3.63) is 22.8 Å². The summed E-state index contributed by atoms with van der Waals surface area (Å²) in [5.74, 6) is 1.21. The van der Waals surface area contributed by atoms with E-state index in [0.29, 0.717) is 12.3 Å². The average molecular weight is 209 g/mol. The zero-order chi connectivity index (χ0) is 11.4. The number of methoxy groups -OCH3 is 1. The molecule has 0 aliphatic carbocycles. The number of phenolic OH excluding ortho intramolecular Hbond substituents is 1. The van der Waals surface area contributed by atoms with Gasteiger partial charge in [0, 0.05) is 5.56 Å². The Balaban J connectivity index is 3.15. The largest absolute Gasteiger partial charge is 0.507 e. The Hall–Kier alpha value is -1.22. The van der Waals surface area contributed by atoms with Crippen LogP contribution >= 0.6 is 0 Å². The molecule has 0 aromatic heterocycles. The Kier molecular flexibility index (Phi) is 3.97. The molecule has 84 valence electrons. The molecular formula is C12H19NO2. The van der Waals surface area contributed by atoms with Gasteiger partial charge >= 0.3 is 0 Å². The van der Waals surface area contributed by atoms with Crippen molar-refractivity contribution in [3.8, 4) is 11.5 Å². The summed E-state index contributed by atoms with van der Waals surface area (Å²) in [4.78, 5) is 0. The molecule has 0 fully saturated rings. The molecule has 3 nitrogen and oxygen atoms in total. The van der Waals surface area contributed by atoms with E-state index in [4.69, 9.17) is 10.5 Å². The van der Waals surface area contributed by atoms with Crippen molar-refractivity contribution < 1.29 is 9.84 Å². The third kappa shape index (κ3) is 2.42. The van der Waals surface area contributed by atoms with Gasteiger partial charge in [-0.1, -0.05) is 0 Å². The van der Waals surface area contributed by atoms with Gasteiger partial charge in [-0.05, 0) is 50.4 Å². The molecule has 1 aromatic carbocycles. The standard InChI is InChI=1S/C12H19NO2/c1-8-7-11(15-3)9(2)10(12(8)14)5-4-6-13/h7,14H,4-6,13H2,1-3H3. The summed E-state index contributed by atoms with van der Waals surface area (Å²) < 4.78 is 5.26. The zero-order valence-electron chi connectivity index (χ0n) is 9.63. The lowest BCUT2D eigenvalue weighted by molar-refractivity contribution is 0.406. The molecule has 15 heavy (non-hydrogen) atoms. The quantitative estimate of drug-likeness (QED) is 0.796. The maximum atomic E-state index is 9.93. The summed E-state index contributed by atoms with van der Waals surface area (Å²) in [6, 6.07) is 1.86. The van der Waals surface area contributed by atoms with Crippen LogP contribution in [-0.4, -0.2) is 18.8 Å². The molecule has 0 heterocycles. The summed E-state index contributed by atoms with van der Waals surface area (Å²) in [6.45, 7) is 4.47. The Morgan fingerprint density at radius 1 is 1.40 bits per heavy atom. The number of rotatable bonds is 4. The molecule has 0 radical (unpaired) electrons. The van der Waals surface area contributed by atoms with Crippen LogP contribution < -0.4 is 10.5 Å². The maximum absolute atomic E-state index is 9.93. The van der Waals surface area contributed by atoms with Gasteiger partial charge in [-0.25, -0.2) is 0 Å². The van der Waals surface area contributed by atoms with Crippen molar-refractivity contribution in [3.63, 3.8) is 0 Å². The molecule has 0 amide bonds. The van der Waals surface area contributed by atoms with Gasteiger partial charge in [0.2, 0.25) is 0 Å². The molecule has 0 aliphatic rings. The molecule has 0 aliphatic heterocycles. The predicted octanol–water partition coefficient (Wildman–Crippen LogP) is 1.91. The zero-order valence-corrected chi connectivity index (χ0v) is 9.63. The normalized spacial score (nSPS) is 10.4. The van der Waals surface area contributed by atoms with E-state index in [1.165, 1.54) is 0 Å². The third-order valence-corrected chi connectivity index (χ3v) is 2.68. The fourth-order valence-corrected chi connectivity index (χ4v) is 1.73. The van der Waals surface area contributed by atoms with E-state index >= 15 is 0 Å². The Morgan fingerprint density at radius 3 is 2.60 bits per heavy atom. The number of hydrogen-bond acceptors (Lipinski definition) is 3. The molecule has 0 atom stereocenters. The molecule has 3 N–H and O–H groups in total. The van der Waals surface area contributed by atoms with Crippen LogP contribution in [0.2, 0.25) is 0 Å². The Morgan fingerprint density at radius 2 is 2.07 bits per heavy atom. The molecule has 0 saturated heterocycles. The lowest BCUT2D eigenvalue weighted by Gasteiger charge is -2.14. The van der Waals surface area contributed by atoms with Crippen LogP contribution in [0.5, 0.6) is 11.5 Å². The smallest absolute Gasteiger partial charge is 0.122 e. The minimum atomic E-state index is 0.377. The van der Waals surface area contributed by atoms with Crippen LogP contribution in [0.15, 0.2) is 6.07 Å². The second kappa shape index (κ2) is 5.03. The van der Waals surface area contributed by atoms with Gasteiger partial charge in [0.25, 0.3) is 0 Å². The summed E-state index contributed by atoms with van der Waals surface area (Å²) >= 11 is 0. The van der Waals surface area contributed by atoms with Crippen LogP contribution in [0, 0.1) is 13.8 Å². The molecule has 1 aromatic rings. The van der Waals surface area contributed by atoms with Gasteiger partial charge in [0.05, 0.1) is 7.11 Å². The summed E-state index contributed by atoms with van der Waals surface area (Å²) in [7, 11) is 1.64. The highest BCUT2D eigenvalue weighted by Gasteiger charge is 2.12. The van der Waals surface area contributed by atoms with Crippen LogP contribution in [0.4, 0.5) is 0 Å². The van der Waals surface area contributed by atoms with Crippen LogP contribution in [0.1, 0.15) is 23.1 Å². The number of hydrogen-bond donors (Lipinski definition) is 2. The summed E-state index contributed by atoms with van der Waals surface area (Å²) in [5.41, 5.74) is 8.29. The lowest BCUT2D eigenvalue weighted by Crippen LogP contribution is -2.03. The number of nitrogens with two attached hydrogens (primary N) is 1. The highest BCUT2D eigenvalue weighted by Crippen LogP contribution is 2.33. The first-order chi connectivity index (χ1) is 7.11. The third-order valence-electron chi connectivity index (χ3n) is 2.68. The van der Waals surface area contributed by atoms with Crippen LogP contribution in [-0.2, 0) is 6.42 Å². The van der Waals surface area contributed by atoms with E-state index < -0.39 is 0 Å². The van der Waals surface area contributed by atoms with E-state index in [1.54, 1.807) is 7.11 Å². The minimum Gasteiger partial charge on any atom is -0.507 e. The second-order valence-electron chi connectivity index (χ2n) is 3.74. The molecule has 3 heteroatoms. The molecule has 0 unspecified atom stereocenters. The molecular weight excluding hydrogens is 190 g/mol. The lowest BCUT2D eigenvalue weighted by atomic mass is 9.98. The predicted molar refractivity (Wildman–Crippen MR) is 61.5 cm³/mol. The monoisotopic (exact) mass is 209 g/mol. The van der Waals surface area contributed by atoms with Crippen molar-refractivity contribution in [2.45, 2.75) is 26.7 Å². The van der Waals surface area contributed by atoms with Gasteiger partial charge in [0.15, 0.2) is 0 Å². The van der Waals surface area contributed by atoms with Crippen LogP contribution in [0.3, 0.4) is 0 Å². The number of ether oxygens (including phenoxy) is 1. The van der Waals surface area contributed by atoms with Crippen molar-refractivity contribution in [1.29, 1.82) is 0 Å². The SMILES string of the molecule is COc1cc(C)c(O)c(CCCN)c1C. The van der Waals surface area contributed by atoms with Gasteiger partial charge in [-0.2, -0.15) is 0 Å². The van der Waals surface area contributed by atoms with Gasteiger partial charge < -0.3 is 15.6 Å². The van der Waals surface area contributed by atoms with Crippen molar-refractivity contribution in [1.82, 2.24) is 0 Å². The van der Waals surface area contributed by atoms with E-state index in [1.807, 2.05) is 19.9 Å². The van der Waals surface area contributed by atoms with Gasteiger partial charge in [-0.15, -0.1) is 0 Å².